The van der Waals surface area contributed by atoms with Crippen LogP contribution in [0.25, 0.3) is 0 Å². The van der Waals surface area contributed by atoms with Crippen molar-refractivity contribution >= 4 is 28.6 Å². The second-order valence-electron chi connectivity index (χ2n) is 11.6. The molecule has 0 spiro atoms. The molecule has 39 heavy (non-hydrogen) atoms. The fourth-order valence-corrected chi connectivity index (χ4v) is 9.13. The number of carbonyl (C=O) groups is 3. The molecule has 0 saturated heterocycles. The lowest BCUT2D eigenvalue weighted by molar-refractivity contribution is -0.221. The molecular formula is C30H32F2O6S. The number of halogens is 2. The molecule has 0 radical (unpaired) electrons. The van der Waals surface area contributed by atoms with Gasteiger partial charge in [-0.3, -0.25) is 9.59 Å². The highest BCUT2D eigenvalue weighted by atomic mass is 32.2. The number of allylic oxidation sites excluding steroid dienone is 4. The Morgan fingerprint density at radius 2 is 2.03 bits per heavy atom. The second-order valence-corrected chi connectivity index (χ2v) is 12.5. The summed E-state index contributed by atoms with van der Waals surface area (Å²) in [6.07, 6.45) is 1.66. The summed E-state index contributed by atoms with van der Waals surface area (Å²) in [5.74, 6) is 2.23. The summed E-state index contributed by atoms with van der Waals surface area (Å²) in [6, 6.07) is 2.96. The van der Waals surface area contributed by atoms with Crippen LogP contribution in [0.5, 0.6) is 0 Å². The van der Waals surface area contributed by atoms with Gasteiger partial charge in [0.05, 0.1) is 18.1 Å². The number of esters is 1. The van der Waals surface area contributed by atoms with Crippen molar-refractivity contribution in [2.45, 2.75) is 70.5 Å². The number of thioether (sulfide) groups is 1. The number of rotatable bonds is 4. The monoisotopic (exact) mass is 558 g/mol. The molecule has 5 rings (SSSR count). The number of hydrogen-bond acceptors (Lipinski definition) is 7. The molecule has 3 saturated carbocycles. The van der Waals surface area contributed by atoms with Crippen LogP contribution in [-0.2, 0) is 14.3 Å². The normalized spacial score (nSPS) is 42.4. The lowest BCUT2D eigenvalue weighted by atomic mass is 9.44. The molecule has 0 amide bonds. The number of carbonyl (C=O) groups excluding carboxylic acids is 3. The minimum absolute atomic E-state index is 0.0303. The van der Waals surface area contributed by atoms with Gasteiger partial charge in [-0.1, -0.05) is 37.6 Å². The van der Waals surface area contributed by atoms with E-state index in [9.17, 15) is 19.5 Å². The molecule has 9 heteroatoms. The number of furan rings is 1. The molecule has 1 heterocycles. The van der Waals surface area contributed by atoms with Crippen LogP contribution in [0.4, 0.5) is 8.78 Å². The maximum atomic E-state index is 17.5. The van der Waals surface area contributed by atoms with E-state index in [-0.39, 0.29) is 36.3 Å². The molecule has 1 aromatic heterocycles. The third kappa shape index (κ3) is 3.67. The van der Waals surface area contributed by atoms with Crippen LogP contribution in [0.1, 0.15) is 57.5 Å². The smallest absolute Gasteiger partial charge is 0.375 e. The SMILES string of the molecule is CC#CCSC(=O)[C@@]1(OC(=O)c2ccco2)[C@H](C)C[C@H]2[C@@H]3C[C@H](F)C4=CC(=O)C=C[C@]4(C)[C@@]3(F)[C@@H](O)C[C@@]21C. The highest BCUT2D eigenvalue weighted by molar-refractivity contribution is 8.14. The van der Waals surface area contributed by atoms with Crippen molar-refractivity contribution in [1.82, 2.24) is 0 Å². The van der Waals surface area contributed by atoms with E-state index < -0.39 is 69.0 Å². The minimum Gasteiger partial charge on any atom is -0.457 e. The Balaban J connectivity index is 1.63. The lowest BCUT2D eigenvalue weighted by Gasteiger charge is -2.63. The first-order chi connectivity index (χ1) is 18.4. The Kier molecular flexibility index (Phi) is 6.75. The van der Waals surface area contributed by atoms with Crippen molar-refractivity contribution in [3.8, 4) is 11.8 Å². The van der Waals surface area contributed by atoms with Crippen LogP contribution >= 0.6 is 11.8 Å². The van der Waals surface area contributed by atoms with E-state index in [0.29, 0.717) is 0 Å². The number of aliphatic hydroxyl groups is 1. The summed E-state index contributed by atoms with van der Waals surface area (Å²) in [4.78, 5) is 39.4. The number of alkyl halides is 2. The molecule has 3 fully saturated rings. The van der Waals surface area contributed by atoms with Gasteiger partial charge >= 0.3 is 5.97 Å². The van der Waals surface area contributed by atoms with Gasteiger partial charge in [0.15, 0.2) is 17.1 Å². The van der Waals surface area contributed by atoms with Crippen LogP contribution in [0.3, 0.4) is 0 Å². The number of ether oxygens (including phenoxy) is 1. The predicted octanol–water partition coefficient (Wildman–Crippen LogP) is 5.02. The molecule has 9 atom stereocenters. The van der Waals surface area contributed by atoms with Crippen LogP contribution < -0.4 is 0 Å². The largest absolute Gasteiger partial charge is 0.457 e. The molecule has 0 aromatic carbocycles. The summed E-state index contributed by atoms with van der Waals surface area (Å²) < 4.78 is 44.6. The Hall–Kier alpha value is -2.70. The highest BCUT2D eigenvalue weighted by Gasteiger charge is 2.78. The van der Waals surface area contributed by atoms with E-state index >= 15 is 8.78 Å². The van der Waals surface area contributed by atoms with Gasteiger partial charge < -0.3 is 14.3 Å². The third-order valence-electron chi connectivity index (χ3n) is 9.90. The number of aliphatic hydroxyl groups excluding tert-OH is 1. The molecule has 1 N–H and O–H groups in total. The van der Waals surface area contributed by atoms with E-state index in [1.807, 2.05) is 0 Å². The highest BCUT2D eigenvalue weighted by Crippen LogP contribution is 2.72. The molecule has 0 unspecified atom stereocenters. The Morgan fingerprint density at radius 1 is 1.28 bits per heavy atom. The summed E-state index contributed by atoms with van der Waals surface area (Å²) in [5.41, 5.74) is -6.77. The molecule has 6 nitrogen and oxygen atoms in total. The Bertz CT molecular complexity index is 1330. The van der Waals surface area contributed by atoms with E-state index in [1.165, 1.54) is 37.5 Å². The van der Waals surface area contributed by atoms with Crippen LogP contribution in [0, 0.1) is 40.4 Å². The predicted molar refractivity (Wildman–Crippen MR) is 141 cm³/mol. The fourth-order valence-electron chi connectivity index (χ4n) is 8.09. The van der Waals surface area contributed by atoms with Gasteiger partial charge in [0.2, 0.25) is 10.9 Å². The zero-order valence-corrected chi connectivity index (χ0v) is 23.1. The van der Waals surface area contributed by atoms with Gasteiger partial charge in [-0.25, -0.2) is 13.6 Å². The molecule has 208 valence electrons. The maximum absolute atomic E-state index is 17.5. The molecular weight excluding hydrogens is 526 g/mol. The van der Waals surface area contributed by atoms with Crippen LogP contribution in [0.15, 0.2) is 46.6 Å². The number of hydrogen-bond donors (Lipinski definition) is 1. The quantitative estimate of drug-likeness (QED) is 0.410. The third-order valence-corrected chi connectivity index (χ3v) is 10.8. The molecule has 0 bridgehead atoms. The molecule has 4 aliphatic carbocycles. The zero-order chi connectivity index (χ0) is 28.4. The number of fused-ring (bicyclic) bond motifs is 5. The lowest BCUT2D eigenvalue weighted by Crippen LogP contribution is -2.70. The summed E-state index contributed by atoms with van der Waals surface area (Å²) >= 11 is 0.915. The van der Waals surface area contributed by atoms with Crippen molar-refractivity contribution in [2.24, 2.45) is 28.6 Å². The van der Waals surface area contributed by atoms with Gasteiger partial charge in [-0.05, 0) is 68.9 Å². The average molecular weight is 559 g/mol. The van der Waals surface area contributed by atoms with E-state index in [0.717, 1.165) is 17.8 Å². The Labute approximate surface area is 230 Å². The molecule has 4 aliphatic rings. The maximum Gasteiger partial charge on any atom is 0.375 e. The average Bonchev–Trinajstić information content (AvgIpc) is 3.49. The first kappa shape index (κ1) is 27.9. The van der Waals surface area contributed by atoms with Crippen molar-refractivity contribution in [3.63, 3.8) is 0 Å². The first-order valence-corrected chi connectivity index (χ1v) is 14.2. The Morgan fingerprint density at radius 3 is 2.69 bits per heavy atom. The second kappa shape index (κ2) is 9.45. The van der Waals surface area contributed by atoms with Crippen molar-refractivity contribution in [3.05, 3.63) is 48.0 Å². The molecule has 1 aromatic rings. The minimum atomic E-state index is -2.30. The van der Waals surface area contributed by atoms with E-state index in [4.69, 9.17) is 9.15 Å². The van der Waals surface area contributed by atoms with Gasteiger partial charge in [0.25, 0.3) is 0 Å². The van der Waals surface area contributed by atoms with Gasteiger partial charge in [-0.2, -0.15) is 0 Å². The van der Waals surface area contributed by atoms with Crippen LogP contribution in [-0.4, -0.2) is 51.3 Å². The first-order valence-electron chi connectivity index (χ1n) is 13.2. The van der Waals surface area contributed by atoms with Crippen LogP contribution in [0.2, 0.25) is 0 Å². The molecule has 0 aliphatic heterocycles. The zero-order valence-electron chi connectivity index (χ0n) is 22.3. The van der Waals surface area contributed by atoms with E-state index in [2.05, 4.69) is 11.8 Å². The summed E-state index contributed by atoms with van der Waals surface area (Å²) in [6.45, 7) is 6.69. The van der Waals surface area contributed by atoms with Gasteiger partial charge in [0.1, 0.15) is 6.17 Å². The topological polar surface area (TPSA) is 93.8 Å². The van der Waals surface area contributed by atoms with Gasteiger partial charge in [-0.15, -0.1) is 5.92 Å². The van der Waals surface area contributed by atoms with Crippen molar-refractivity contribution < 1.29 is 37.4 Å². The number of ketones is 1. The fraction of sp³-hybridized carbons (Fsp3) is 0.567. The van der Waals surface area contributed by atoms with Crippen molar-refractivity contribution in [2.75, 3.05) is 5.75 Å². The van der Waals surface area contributed by atoms with E-state index in [1.54, 1.807) is 20.8 Å². The summed E-state index contributed by atoms with van der Waals surface area (Å²) in [5, 5.41) is 11.2. The summed E-state index contributed by atoms with van der Waals surface area (Å²) in [7, 11) is 0. The van der Waals surface area contributed by atoms with Crippen molar-refractivity contribution in [1.29, 1.82) is 0 Å². The van der Waals surface area contributed by atoms with Gasteiger partial charge in [0, 0.05) is 22.7 Å². The standard InChI is InChI=1S/C30H32F2O6S/c1-5-6-12-39-26(36)30(38-25(35)23-8-7-11-37-23)17(2)13-19-20-15-22(31)21-14-18(33)9-10-27(21,3)29(20,32)24(34)16-28(19,30)4/h7-11,14,17,19-20,22,24,34H,12-13,15-16H2,1-4H3/t17-,19+,20+,22+,24+,27+,28+,29+,30+/m1/s1.